The molecule has 1 aromatic carbocycles. The van der Waals surface area contributed by atoms with Gasteiger partial charge in [-0.15, -0.1) is 0 Å². The largest absolute Gasteiger partial charge is 0.501 e. The minimum Gasteiger partial charge on any atom is -0.444 e. The Balaban J connectivity index is 1.61. The highest BCUT2D eigenvalue weighted by atomic mass is 32.2. The average molecular weight is 501 g/mol. The predicted molar refractivity (Wildman–Crippen MR) is 115 cm³/mol. The minimum atomic E-state index is -5.50. The molecule has 34 heavy (non-hydrogen) atoms. The van der Waals surface area contributed by atoms with Gasteiger partial charge in [-0.3, -0.25) is 0 Å². The lowest BCUT2D eigenvalue weighted by molar-refractivity contribution is -0.0436. The minimum absolute atomic E-state index is 0.00483. The van der Waals surface area contributed by atoms with Gasteiger partial charge >= 0.3 is 11.6 Å². The smallest absolute Gasteiger partial charge is 0.444 e. The second-order valence-corrected chi connectivity index (χ2v) is 11.6. The van der Waals surface area contributed by atoms with E-state index in [4.69, 9.17) is 4.74 Å². The number of rotatable bonds is 3. The summed E-state index contributed by atoms with van der Waals surface area (Å²) in [6, 6.07) is 5.28. The van der Waals surface area contributed by atoms with E-state index >= 15 is 0 Å². The molecule has 0 saturated carbocycles. The first-order valence-corrected chi connectivity index (χ1v) is 12.3. The van der Waals surface area contributed by atoms with E-state index in [2.05, 4.69) is 4.98 Å². The van der Waals surface area contributed by atoms with Gasteiger partial charge < -0.3 is 9.64 Å². The summed E-state index contributed by atoms with van der Waals surface area (Å²) < 4.78 is 81.6. The monoisotopic (exact) mass is 500 g/mol. The van der Waals surface area contributed by atoms with Gasteiger partial charge in [-0.05, 0) is 69.4 Å². The third kappa shape index (κ3) is 4.37. The van der Waals surface area contributed by atoms with Crippen LogP contribution < -0.4 is 0 Å². The summed E-state index contributed by atoms with van der Waals surface area (Å²) in [6.07, 6.45) is 3.29. The molecule has 2 aliphatic rings. The van der Waals surface area contributed by atoms with Crippen molar-refractivity contribution in [2.45, 2.75) is 74.0 Å². The number of alkyl halides is 3. The van der Waals surface area contributed by atoms with E-state index in [1.165, 1.54) is 6.20 Å². The second-order valence-electron chi connectivity index (χ2n) is 9.61. The second kappa shape index (κ2) is 8.21. The number of pyridine rings is 1. The Morgan fingerprint density at radius 1 is 1.12 bits per heavy atom. The first kappa shape index (κ1) is 24.4. The van der Waals surface area contributed by atoms with E-state index < -0.39 is 31.8 Å². The molecule has 0 N–H and O–H groups in total. The summed E-state index contributed by atoms with van der Waals surface area (Å²) in [6.45, 7) is 5.38. The molecule has 11 heteroatoms. The molecule has 2 saturated heterocycles. The van der Waals surface area contributed by atoms with Crippen LogP contribution in [0, 0.1) is 5.95 Å². The molecule has 0 spiro atoms. The van der Waals surface area contributed by atoms with Gasteiger partial charge in [0.15, 0.2) is 0 Å². The lowest BCUT2D eigenvalue weighted by Gasteiger charge is -2.28. The molecule has 1 aromatic heterocycles. The quantitative estimate of drug-likeness (QED) is 0.415. The number of sulfone groups is 1. The summed E-state index contributed by atoms with van der Waals surface area (Å²) in [7, 11) is -5.50. The standard InChI is InChI=1S/C23H24F4N2O4S/c1-22(2,3)33-21(30)29-15-6-9-19(29)17(11-15)14-10-18(20(24)28-12-14)13-4-7-16(8-5-13)34(31,32)23(25,26)27/h4-5,7-8,10,12,15,17,19H,6,9,11H2,1-3H3/t15?,17?,19-/m1/s1. The van der Waals surface area contributed by atoms with E-state index in [-0.39, 0.29) is 35.2 Å². The highest BCUT2D eigenvalue weighted by Gasteiger charge is 2.50. The highest BCUT2D eigenvalue weighted by molar-refractivity contribution is 7.92. The first-order valence-electron chi connectivity index (χ1n) is 10.8. The van der Waals surface area contributed by atoms with Crippen LogP contribution in [-0.4, -0.2) is 47.6 Å². The van der Waals surface area contributed by atoms with Gasteiger partial charge in [0.1, 0.15) is 5.60 Å². The molecule has 2 unspecified atom stereocenters. The zero-order valence-electron chi connectivity index (χ0n) is 18.8. The molecule has 0 aliphatic carbocycles. The third-order valence-electron chi connectivity index (χ3n) is 6.21. The third-order valence-corrected chi connectivity index (χ3v) is 7.71. The van der Waals surface area contributed by atoms with E-state index in [1.807, 2.05) is 0 Å². The number of carbonyl (C=O) groups is 1. The van der Waals surface area contributed by atoms with Gasteiger partial charge in [-0.25, -0.2) is 18.2 Å². The van der Waals surface area contributed by atoms with Crippen molar-refractivity contribution in [1.29, 1.82) is 0 Å². The van der Waals surface area contributed by atoms with Gasteiger partial charge in [0.25, 0.3) is 9.84 Å². The molecule has 1 amide bonds. The molecule has 2 aliphatic heterocycles. The normalized spacial score (nSPS) is 22.8. The van der Waals surface area contributed by atoms with Crippen LogP contribution in [0.25, 0.3) is 11.1 Å². The molecule has 6 nitrogen and oxygen atoms in total. The Morgan fingerprint density at radius 2 is 1.76 bits per heavy atom. The summed E-state index contributed by atoms with van der Waals surface area (Å²) in [5.41, 5.74) is -5.13. The first-order chi connectivity index (χ1) is 15.7. The Kier molecular flexibility index (Phi) is 5.90. The average Bonchev–Trinajstić information content (AvgIpc) is 3.31. The highest BCUT2D eigenvalue weighted by Crippen LogP contribution is 2.47. The van der Waals surface area contributed by atoms with Crippen molar-refractivity contribution in [3.8, 4) is 11.1 Å². The van der Waals surface area contributed by atoms with E-state index in [1.54, 1.807) is 31.7 Å². The van der Waals surface area contributed by atoms with Crippen LogP contribution in [0.1, 0.15) is 51.5 Å². The van der Waals surface area contributed by atoms with Crippen molar-refractivity contribution >= 4 is 15.9 Å². The zero-order chi connectivity index (χ0) is 25.1. The number of hydrogen-bond acceptors (Lipinski definition) is 5. The number of halogens is 4. The number of carbonyl (C=O) groups excluding carboxylic acids is 1. The molecular weight excluding hydrogens is 476 g/mol. The van der Waals surface area contributed by atoms with Crippen LogP contribution in [-0.2, 0) is 14.6 Å². The van der Waals surface area contributed by atoms with Crippen molar-refractivity contribution in [2.24, 2.45) is 0 Å². The SMILES string of the molecule is CC(C)(C)OC(=O)N1C2CC[C@@H]1C(c1cnc(F)c(-c3ccc(S(=O)(=O)C(F)(F)F)cc3)c1)C2. The molecule has 2 aromatic rings. The van der Waals surface area contributed by atoms with Crippen molar-refractivity contribution in [1.82, 2.24) is 9.88 Å². The van der Waals surface area contributed by atoms with Crippen molar-refractivity contribution in [3.63, 3.8) is 0 Å². The summed E-state index contributed by atoms with van der Waals surface area (Å²) in [5.74, 6) is -0.926. The van der Waals surface area contributed by atoms with Crippen LogP contribution in [0.3, 0.4) is 0 Å². The number of nitrogens with zero attached hydrogens (tertiary/aromatic N) is 2. The Hall–Kier alpha value is -2.69. The van der Waals surface area contributed by atoms with Crippen LogP contribution in [0.2, 0.25) is 0 Å². The van der Waals surface area contributed by atoms with Crippen LogP contribution >= 0.6 is 0 Å². The lowest BCUT2D eigenvalue weighted by atomic mass is 9.84. The number of hydrogen-bond donors (Lipinski definition) is 0. The molecule has 3 heterocycles. The fourth-order valence-corrected chi connectivity index (χ4v) is 5.52. The molecular formula is C23H24F4N2O4S. The molecule has 0 radical (unpaired) electrons. The van der Waals surface area contributed by atoms with E-state index in [0.717, 1.165) is 37.1 Å². The molecule has 4 rings (SSSR count). The Bertz CT molecular complexity index is 1210. The zero-order valence-corrected chi connectivity index (χ0v) is 19.6. The maximum absolute atomic E-state index is 14.6. The van der Waals surface area contributed by atoms with E-state index in [9.17, 15) is 30.8 Å². The maximum atomic E-state index is 14.6. The fraction of sp³-hybridized carbons (Fsp3) is 0.478. The molecule has 3 atom stereocenters. The van der Waals surface area contributed by atoms with Crippen LogP contribution in [0.4, 0.5) is 22.4 Å². The Labute approximate surface area is 194 Å². The maximum Gasteiger partial charge on any atom is 0.501 e. The lowest BCUT2D eigenvalue weighted by Crippen LogP contribution is -2.40. The fourth-order valence-electron chi connectivity index (χ4n) is 4.76. The predicted octanol–water partition coefficient (Wildman–Crippen LogP) is 5.44. The van der Waals surface area contributed by atoms with E-state index in [0.29, 0.717) is 12.0 Å². The molecule has 2 bridgehead atoms. The molecule has 184 valence electrons. The number of fused-ring (bicyclic) bond motifs is 2. The summed E-state index contributed by atoms with van der Waals surface area (Å²) in [5, 5.41) is 0. The molecule has 2 fully saturated rings. The topological polar surface area (TPSA) is 76.6 Å². The van der Waals surface area contributed by atoms with Crippen LogP contribution in [0.15, 0.2) is 41.4 Å². The summed E-state index contributed by atoms with van der Waals surface area (Å²) >= 11 is 0. The summed E-state index contributed by atoms with van der Waals surface area (Å²) in [4.78, 5) is 17.4. The number of amides is 1. The van der Waals surface area contributed by atoms with Gasteiger partial charge in [-0.1, -0.05) is 12.1 Å². The van der Waals surface area contributed by atoms with Gasteiger partial charge in [0.05, 0.1) is 4.90 Å². The van der Waals surface area contributed by atoms with Crippen molar-refractivity contribution in [2.75, 3.05) is 0 Å². The van der Waals surface area contributed by atoms with Crippen molar-refractivity contribution in [3.05, 3.63) is 48.0 Å². The number of aromatic nitrogens is 1. The van der Waals surface area contributed by atoms with Crippen LogP contribution in [0.5, 0.6) is 0 Å². The van der Waals surface area contributed by atoms with Gasteiger partial charge in [0.2, 0.25) is 5.95 Å². The number of benzene rings is 1. The Morgan fingerprint density at radius 3 is 2.35 bits per heavy atom. The van der Waals surface area contributed by atoms with Gasteiger partial charge in [-0.2, -0.15) is 17.6 Å². The number of ether oxygens (including phenoxy) is 1. The van der Waals surface area contributed by atoms with Crippen molar-refractivity contribution < 1.29 is 35.5 Å². The van der Waals surface area contributed by atoms with Gasteiger partial charge in [0, 0.05) is 29.8 Å².